The maximum atomic E-state index is 6.11. The van der Waals surface area contributed by atoms with E-state index in [2.05, 4.69) is 38.1 Å². The molecule has 3 rings (SSSR count). The number of nitrogens with two attached hydrogens (primary N) is 1. The van der Waals surface area contributed by atoms with Crippen LogP contribution in [0.15, 0.2) is 24.3 Å². The van der Waals surface area contributed by atoms with E-state index in [1.807, 2.05) is 0 Å². The van der Waals surface area contributed by atoms with E-state index in [0.717, 1.165) is 12.2 Å². The molecule has 0 radical (unpaired) electrons. The van der Waals surface area contributed by atoms with Crippen LogP contribution in [0.4, 0.5) is 0 Å². The van der Waals surface area contributed by atoms with Crippen LogP contribution in [0, 0.1) is 5.41 Å². The third kappa shape index (κ3) is 2.58. The highest BCUT2D eigenvalue weighted by atomic mass is 16.5. The molecule has 1 aromatic carbocycles. The van der Waals surface area contributed by atoms with E-state index in [1.165, 1.54) is 37.7 Å². The van der Waals surface area contributed by atoms with Gasteiger partial charge < -0.3 is 10.5 Å². The second kappa shape index (κ2) is 5.40. The lowest BCUT2D eigenvalue weighted by Gasteiger charge is -2.50. The summed E-state index contributed by atoms with van der Waals surface area (Å²) < 4.78 is 6.09. The van der Waals surface area contributed by atoms with E-state index in [9.17, 15) is 0 Å². The Bertz CT molecular complexity index is 445. The first-order chi connectivity index (χ1) is 9.57. The molecule has 0 bridgehead atoms. The summed E-state index contributed by atoms with van der Waals surface area (Å²) in [5, 5.41) is 0. The van der Waals surface area contributed by atoms with Gasteiger partial charge in [0, 0.05) is 6.04 Å². The molecule has 2 atom stereocenters. The van der Waals surface area contributed by atoms with Crippen LogP contribution in [0.3, 0.4) is 0 Å². The number of benzene rings is 1. The molecule has 0 amide bonds. The van der Waals surface area contributed by atoms with Gasteiger partial charge in [0.05, 0.1) is 6.10 Å². The average Bonchev–Trinajstić information content (AvgIpc) is 2.47. The Morgan fingerprint density at radius 2 is 1.70 bits per heavy atom. The number of hydrogen-bond acceptors (Lipinski definition) is 2. The van der Waals surface area contributed by atoms with Crippen molar-refractivity contribution in [3.8, 4) is 5.75 Å². The largest absolute Gasteiger partial charge is 0.490 e. The van der Waals surface area contributed by atoms with Gasteiger partial charge in [0.25, 0.3) is 0 Å². The van der Waals surface area contributed by atoms with Gasteiger partial charge in [-0.3, -0.25) is 0 Å². The zero-order valence-corrected chi connectivity index (χ0v) is 12.8. The van der Waals surface area contributed by atoms with Crippen LogP contribution in [-0.2, 0) is 0 Å². The van der Waals surface area contributed by atoms with Crippen LogP contribution in [-0.4, -0.2) is 12.1 Å². The minimum atomic E-state index is 0.228. The number of ether oxygens (including phenoxy) is 1. The smallest absolute Gasteiger partial charge is 0.119 e. The van der Waals surface area contributed by atoms with Gasteiger partial charge in [0.1, 0.15) is 5.75 Å². The molecular formula is C18H27NO. The second-order valence-electron chi connectivity index (χ2n) is 7.16. The number of hydrogen-bond donors (Lipinski definition) is 1. The maximum Gasteiger partial charge on any atom is 0.119 e. The first-order valence-electron chi connectivity index (χ1n) is 8.09. The molecule has 2 fully saturated rings. The highest BCUT2D eigenvalue weighted by molar-refractivity contribution is 5.33. The molecular weight excluding hydrogens is 246 g/mol. The summed E-state index contributed by atoms with van der Waals surface area (Å²) in [5.41, 5.74) is 7.75. The Morgan fingerprint density at radius 1 is 1.05 bits per heavy atom. The van der Waals surface area contributed by atoms with Crippen molar-refractivity contribution < 1.29 is 4.74 Å². The normalized spacial score (nSPS) is 29.8. The summed E-state index contributed by atoms with van der Waals surface area (Å²) in [4.78, 5) is 0. The van der Waals surface area contributed by atoms with Crippen molar-refractivity contribution in [3.63, 3.8) is 0 Å². The van der Waals surface area contributed by atoms with Crippen molar-refractivity contribution in [2.24, 2.45) is 11.1 Å². The fourth-order valence-corrected chi connectivity index (χ4v) is 3.68. The molecule has 2 nitrogen and oxygen atoms in total. The molecule has 2 heteroatoms. The molecule has 2 saturated carbocycles. The van der Waals surface area contributed by atoms with Crippen LogP contribution >= 0.6 is 0 Å². The van der Waals surface area contributed by atoms with Gasteiger partial charge in [-0.05, 0) is 61.1 Å². The summed E-state index contributed by atoms with van der Waals surface area (Å²) in [7, 11) is 0. The fourth-order valence-electron chi connectivity index (χ4n) is 3.68. The van der Waals surface area contributed by atoms with E-state index in [0.29, 0.717) is 18.1 Å². The summed E-state index contributed by atoms with van der Waals surface area (Å²) >= 11 is 0. The highest BCUT2D eigenvalue weighted by Gasteiger charge is 2.46. The standard InChI is InChI=1S/C18H27NO/c1-18(2)16(12-17(18)19)13-8-10-15(11-9-13)20-14-6-4-3-5-7-14/h8-11,14,16-17H,3-7,12,19H2,1-2H3. The summed E-state index contributed by atoms with van der Waals surface area (Å²) in [6, 6.07) is 9.09. The van der Waals surface area contributed by atoms with Crippen LogP contribution in [0.1, 0.15) is 63.9 Å². The zero-order valence-electron chi connectivity index (χ0n) is 12.8. The lowest BCUT2D eigenvalue weighted by molar-refractivity contribution is 0.0982. The van der Waals surface area contributed by atoms with Gasteiger partial charge in [-0.15, -0.1) is 0 Å². The highest BCUT2D eigenvalue weighted by Crippen LogP contribution is 2.51. The molecule has 1 aromatic rings. The van der Waals surface area contributed by atoms with Crippen molar-refractivity contribution in [1.82, 2.24) is 0 Å². The van der Waals surface area contributed by atoms with Crippen LogP contribution in [0.25, 0.3) is 0 Å². The summed E-state index contributed by atoms with van der Waals surface area (Å²) in [5.74, 6) is 1.63. The third-order valence-corrected chi connectivity index (χ3v) is 5.48. The minimum absolute atomic E-state index is 0.228. The van der Waals surface area contributed by atoms with E-state index >= 15 is 0 Å². The van der Waals surface area contributed by atoms with Crippen LogP contribution in [0.5, 0.6) is 5.75 Å². The van der Waals surface area contributed by atoms with Crippen molar-refractivity contribution in [2.75, 3.05) is 0 Å². The summed E-state index contributed by atoms with van der Waals surface area (Å²) in [6.45, 7) is 4.55. The molecule has 20 heavy (non-hydrogen) atoms. The Morgan fingerprint density at radius 3 is 2.25 bits per heavy atom. The summed E-state index contributed by atoms with van der Waals surface area (Å²) in [6.07, 6.45) is 7.97. The molecule has 2 N–H and O–H groups in total. The SMILES string of the molecule is CC1(C)C(N)CC1c1ccc(OC2CCCCC2)cc1. The van der Waals surface area contributed by atoms with Gasteiger partial charge >= 0.3 is 0 Å². The van der Waals surface area contributed by atoms with Crippen molar-refractivity contribution in [2.45, 2.75) is 70.4 Å². The molecule has 2 aliphatic rings. The van der Waals surface area contributed by atoms with Crippen molar-refractivity contribution >= 4 is 0 Å². The number of rotatable bonds is 3. The first-order valence-corrected chi connectivity index (χ1v) is 8.09. The topological polar surface area (TPSA) is 35.2 Å². The predicted octanol–water partition coefficient (Wildman–Crippen LogP) is 4.24. The van der Waals surface area contributed by atoms with E-state index < -0.39 is 0 Å². The Balaban J connectivity index is 1.63. The third-order valence-electron chi connectivity index (χ3n) is 5.48. The molecule has 0 aromatic heterocycles. The van der Waals surface area contributed by atoms with E-state index in [1.54, 1.807) is 0 Å². The van der Waals surface area contributed by atoms with Gasteiger partial charge in [0.15, 0.2) is 0 Å². The average molecular weight is 273 g/mol. The van der Waals surface area contributed by atoms with Gasteiger partial charge in [0.2, 0.25) is 0 Å². The van der Waals surface area contributed by atoms with E-state index in [4.69, 9.17) is 10.5 Å². The second-order valence-corrected chi connectivity index (χ2v) is 7.16. The Hall–Kier alpha value is -1.02. The van der Waals surface area contributed by atoms with Crippen LogP contribution < -0.4 is 10.5 Å². The predicted molar refractivity (Wildman–Crippen MR) is 83.1 cm³/mol. The molecule has 2 unspecified atom stereocenters. The lowest BCUT2D eigenvalue weighted by Crippen LogP contribution is -2.52. The quantitative estimate of drug-likeness (QED) is 0.894. The Kier molecular flexibility index (Phi) is 3.76. The van der Waals surface area contributed by atoms with Gasteiger partial charge in [-0.25, -0.2) is 0 Å². The maximum absolute atomic E-state index is 6.11. The minimum Gasteiger partial charge on any atom is -0.490 e. The molecule has 0 aliphatic heterocycles. The molecule has 110 valence electrons. The zero-order chi connectivity index (χ0) is 14.2. The monoisotopic (exact) mass is 273 g/mol. The van der Waals surface area contributed by atoms with E-state index in [-0.39, 0.29) is 5.41 Å². The first kappa shape index (κ1) is 13.9. The molecule has 0 heterocycles. The van der Waals surface area contributed by atoms with Gasteiger partial charge in [-0.2, -0.15) is 0 Å². The van der Waals surface area contributed by atoms with Crippen molar-refractivity contribution in [3.05, 3.63) is 29.8 Å². The Labute approximate surface area is 122 Å². The van der Waals surface area contributed by atoms with Crippen molar-refractivity contribution in [1.29, 1.82) is 0 Å². The van der Waals surface area contributed by atoms with Crippen LogP contribution in [0.2, 0.25) is 0 Å². The molecule has 0 spiro atoms. The van der Waals surface area contributed by atoms with Gasteiger partial charge in [-0.1, -0.05) is 32.4 Å². The molecule has 0 saturated heterocycles. The lowest BCUT2D eigenvalue weighted by atomic mass is 9.57. The molecule has 2 aliphatic carbocycles. The fraction of sp³-hybridized carbons (Fsp3) is 0.667.